The van der Waals surface area contributed by atoms with E-state index in [1.165, 1.54) is 33.6 Å². The van der Waals surface area contributed by atoms with Gasteiger partial charge in [0.15, 0.2) is 0 Å². The van der Waals surface area contributed by atoms with E-state index >= 15 is 0 Å². The summed E-state index contributed by atoms with van der Waals surface area (Å²) in [7, 11) is 0. The molecule has 1 atom stereocenters. The van der Waals surface area contributed by atoms with E-state index < -0.39 is 0 Å². The largest absolute Gasteiger partial charge is 0.309 e. The van der Waals surface area contributed by atoms with Gasteiger partial charge in [0, 0.05) is 10.9 Å². The molecule has 2 rings (SSSR count). The third-order valence-electron chi connectivity index (χ3n) is 3.84. The molecular weight excluding hydrogens is 274 g/mol. The second-order valence-electron chi connectivity index (χ2n) is 5.87. The highest BCUT2D eigenvalue weighted by Crippen LogP contribution is 2.28. The van der Waals surface area contributed by atoms with Gasteiger partial charge in [0.25, 0.3) is 0 Å². The minimum absolute atomic E-state index is 0.445. The molecule has 0 spiro atoms. The Morgan fingerprint density at radius 3 is 2.43 bits per heavy atom. The summed E-state index contributed by atoms with van der Waals surface area (Å²) in [6.07, 6.45) is 3.38. The summed E-state index contributed by atoms with van der Waals surface area (Å²) in [6.45, 7) is 9.94. The van der Waals surface area contributed by atoms with Crippen LogP contribution in [0.2, 0.25) is 0 Å². The van der Waals surface area contributed by atoms with Crippen LogP contribution < -0.4 is 5.32 Å². The van der Waals surface area contributed by atoms with Crippen molar-refractivity contribution in [2.24, 2.45) is 0 Å². The first-order valence-electron chi connectivity index (χ1n) is 8.00. The lowest BCUT2D eigenvalue weighted by atomic mass is 9.98. The molecule has 1 N–H and O–H groups in total. The average Bonchev–Trinajstić information content (AvgIpc) is 2.90. The van der Waals surface area contributed by atoms with Crippen LogP contribution in [-0.2, 0) is 12.8 Å². The molecule has 2 heteroatoms. The van der Waals surface area contributed by atoms with Crippen molar-refractivity contribution >= 4 is 11.3 Å². The minimum Gasteiger partial charge on any atom is -0.309 e. The average molecular weight is 301 g/mol. The smallest absolute Gasteiger partial charge is 0.0458 e. The molecule has 0 aliphatic carbocycles. The van der Waals surface area contributed by atoms with E-state index in [0.717, 1.165) is 19.4 Å². The molecule has 0 fully saturated rings. The maximum Gasteiger partial charge on any atom is 0.0458 e. The fraction of sp³-hybridized carbons (Fsp3) is 0.474. The van der Waals surface area contributed by atoms with Gasteiger partial charge in [-0.05, 0) is 62.2 Å². The van der Waals surface area contributed by atoms with Crippen molar-refractivity contribution in [2.45, 2.75) is 53.0 Å². The molecule has 0 bridgehead atoms. The van der Waals surface area contributed by atoms with Gasteiger partial charge in [0.05, 0.1) is 0 Å². The number of hydrogen-bond donors (Lipinski definition) is 1. The van der Waals surface area contributed by atoms with Gasteiger partial charge in [-0.15, -0.1) is 11.3 Å². The van der Waals surface area contributed by atoms with E-state index in [1.54, 1.807) is 0 Å². The fourth-order valence-corrected chi connectivity index (χ4v) is 4.02. The Labute approximate surface area is 133 Å². The van der Waals surface area contributed by atoms with Crippen LogP contribution in [0, 0.1) is 13.8 Å². The molecule has 114 valence electrons. The van der Waals surface area contributed by atoms with Crippen LogP contribution in [0.3, 0.4) is 0 Å². The van der Waals surface area contributed by atoms with Gasteiger partial charge in [-0.3, -0.25) is 0 Å². The van der Waals surface area contributed by atoms with Crippen molar-refractivity contribution < 1.29 is 0 Å². The Kier molecular flexibility index (Phi) is 6.01. The van der Waals surface area contributed by atoms with Gasteiger partial charge in [-0.1, -0.05) is 43.2 Å². The number of thiophene rings is 1. The Morgan fingerprint density at radius 2 is 1.81 bits per heavy atom. The first-order valence-corrected chi connectivity index (χ1v) is 8.88. The zero-order chi connectivity index (χ0) is 15.2. The number of hydrogen-bond acceptors (Lipinski definition) is 2. The summed E-state index contributed by atoms with van der Waals surface area (Å²) in [4.78, 5) is 1.52. The summed E-state index contributed by atoms with van der Waals surface area (Å²) in [5, 5.41) is 5.98. The Bertz CT molecular complexity index is 550. The molecule has 1 aromatic carbocycles. The number of nitrogens with one attached hydrogen (secondary N) is 1. The predicted octanol–water partition coefficient (Wildman–Crippen LogP) is 5.21. The van der Waals surface area contributed by atoms with E-state index in [-0.39, 0.29) is 0 Å². The zero-order valence-electron chi connectivity index (χ0n) is 13.7. The predicted molar refractivity (Wildman–Crippen MR) is 94.4 cm³/mol. The molecule has 0 aliphatic rings. The molecule has 1 nitrogen and oxygen atoms in total. The highest BCUT2D eigenvalue weighted by Gasteiger charge is 2.16. The van der Waals surface area contributed by atoms with Crippen molar-refractivity contribution in [3.63, 3.8) is 0 Å². The van der Waals surface area contributed by atoms with Gasteiger partial charge in [0.1, 0.15) is 0 Å². The molecule has 0 saturated carbocycles. The minimum atomic E-state index is 0.445. The number of benzene rings is 1. The van der Waals surface area contributed by atoms with Crippen LogP contribution in [-0.4, -0.2) is 6.54 Å². The third-order valence-corrected chi connectivity index (χ3v) is 4.91. The first-order chi connectivity index (χ1) is 10.1. The molecule has 0 saturated heterocycles. The lowest BCUT2D eigenvalue weighted by Crippen LogP contribution is -2.24. The molecule has 1 heterocycles. The topological polar surface area (TPSA) is 12.0 Å². The zero-order valence-corrected chi connectivity index (χ0v) is 14.5. The van der Waals surface area contributed by atoms with Gasteiger partial charge < -0.3 is 5.32 Å². The molecule has 2 aromatic rings. The molecule has 1 aromatic heterocycles. The van der Waals surface area contributed by atoms with Gasteiger partial charge in [-0.25, -0.2) is 0 Å². The summed E-state index contributed by atoms with van der Waals surface area (Å²) in [5.74, 6) is 0. The van der Waals surface area contributed by atoms with Crippen LogP contribution in [0.25, 0.3) is 0 Å². The van der Waals surface area contributed by atoms with Crippen molar-refractivity contribution in [1.82, 2.24) is 5.32 Å². The summed E-state index contributed by atoms with van der Waals surface area (Å²) < 4.78 is 0. The third kappa shape index (κ3) is 4.42. The van der Waals surface area contributed by atoms with Gasteiger partial charge >= 0.3 is 0 Å². The normalized spacial score (nSPS) is 12.6. The molecular formula is C19H27NS. The summed E-state index contributed by atoms with van der Waals surface area (Å²) in [5.41, 5.74) is 5.66. The van der Waals surface area contributed by atoms with Crippen LogP contribution in [0.4, 0.5) is 0 Å². The Morgan fingerprint density at radius 1 is 1.10 bits per heavy atom. The molecule has 0 amide bonds. The lowest BCUT2D eigenvalue weighted by molar-refractivity contribution is 0.533. The van der Waals surface area contributed by atoms with Crippen LogP contribution in [0.5, 0.6) is 0 Å². The van der Waals surface area contributed by atoms with Gasteiger partial charge in [0.2, 0.25) is 0 Å². The van der Waals surface area contributed by atoms with E-state index in [4.69, 9.17) is 0 Å². The van der Waals surface area contributed by atoms with Crippen molar-refractivity contribution in [3.05, 3.63) is 56.8 Å². The van der Waals surface area contributed by atoms with Crippen LogP contribution in [0.1, 0.15) is 53.4 Å². The maximum atomic E-state index is 3.74. The first kappa shape index (κ1) is 16.3. The molecule has 1 unspecified atom stereocenters. The fourth-order valence-electron chi connectivity index (χ4n) is 2.94. The highest BCUT2D eigenvalue weighted by atomic mass is 32.1. The van der Waals surface area contributed by atoms with Crippen molar-refractivity contribution in [1.29, 1.82) is 0 Å². The number of rotatable bonds is 7. The maximum absolute atomic E-state index is 3.74. The Balaban J connectivity index is 2.23. The SMILES string of the molecule is CCCNC(Cc1cc(C)cc(C)c1)c1sccc1CC. The van der Waals surface area contributed by atoms with E-state index in [9.17, 15) is 0 Å². The second-order valence-corrected chi connectivity index (χ2v) is 6.82. The van der Waals surface area contributed by atoms with E-state index in [0.29, 0.717) is 6.04 Å². The lowest BCUT2D eigenvalue weighted by Gasteiger charge is -2.20. The molecule has 0 radical (unpaired) electrons. The quantitative estimate of drug-likeness (QED) is 0.740. The van der Waals surface area contributed by atoms with Crippen molar-refractivity contribution in [2.75, 3.05) is 6.54 Å². The molecule has 21 heavy (non-hydrogen) atoms. The molecule has 0 aliphatic heterocycles. The summed E-state index contributed by atoms with van der Waals surface area (Å²) in [6, 6.07) is 9.63. The second kappa shape index (κ2) is 7.77. The van der Waals surface area contributed by atoms with Crippen LogP contribution in [0.15, 0.2) is 29.6 Å². The standard InChI is InChI=1S/C19H27NS/c1-5-8-20-18(19-17(6-2)7-9-21-19)13-16-11-14(3)10-15(4)12-16/h7,9-12,18,20H,5-6,8,13H2,1-4H3. The Hall–Kier alpha value is -1.12. The van der Waals surface area contributed by atoms with Crippen molar-refractivity contribution in [3.8, 4) is 0 Å². The number of aryl methyl sites for hydroxylation is 3. The highest BCUT2D eigenvalue weighted by molar-refractivity contribution is 7.10. The summed E-state index contributed by atoms with van der Waals surface area (Å²) >= 11 is 1.90. The van der Waals surface area contributed by atoms with E-state index in [2.05, 4.69) is 62.7 Å². The van der Waals surface area contributed by atoms with E-state index in [1.807, 2.05) is 11.3 Å². The van der Waals surface area contributed by atoms with Crippen LogP contribution >= 0.6 is 11.3 Å². The van der Waals surface area contributed by atoms with Gasteiger partial charge in [-0.2, -0.15) is 0 Å². The monoisotopic (exact) mass is 301 g/mol.